The van der Waals surface area contributed by atoms with Crippen molar-refractivity contribution in [1.82, 2.24) is 0 Å². The Bertz CT molecular complexity index is 346. The van der Waals surface area contributed by atoms with Crippen molar-refractivity contribution in [2.75, 3.05) is 0 Å². The summed E-state index contributed by atoms with van der Waals surface area (Å²) in [4.78, 5) is 0. The lowest BCUT2D eigenvalue weighted by atomic mass is 9.79. The Morgan fingerprint density at radius 2 is 1.61 bits per heavy atom. The van der Waals surface area contributed by atoms with Crippen molar-refractivity contribution in [3.63, 3.8) is 0 Å². The maximum absolute atomic E-state index is 10.3. The molecule has 0 aromatic heterocycles. The quantitative estimate of drug-likeness (QED) is 0.852. The first-order valence-corrected chi connectivity index (χ1v) is 7.45. The minimum atomic E-state index is -0.148. The van der Waals surface area contributed by atoms with Crippen molar-refractivity contribution >= 4 is 0 Å². The smallest absolute Gasteiger partial charge is 0.0608 e. The predicted octanol–water partition coefficient (Wildman–Crippen LogP) is 3.98. The lowest BCUT2D eigenvalue weighted by Crippen LogP contribution is -2.26. The second kappa shape index (κ2) is 6.38. The molecule has 1 aliphatic rings. The molecule has 1 fully saturated rings. The average Bonchev–Trinajstić information content (AvgIpc) is 2.40. The Balaban J connectivity index is 1.87. The minimum Gasteiger partial charge on any atom is -0.392 e. The molecule has 1 aromatic carbocycles. The molecule has 1 N–H and O–H groups in total. The molecule has 1 aromatic rings. The third kappa shape index (κ3) is 3.58. The zero-order valence-corrected chi connectivity index (χ0v) is 11.7. The van der Waals surface area contributed by atoms with Gasteiger partial charge < -0.3 is 5.11 Å². The monoisotopic (exact) mass is 246 g/mol. The van der Waals surface area contributed by atoms with Crippen molar-refractivity contribution < 1.29 is 5.11 Å². The molecule has 1 atom stereocenters. The highest BCUT2D eigenvalue weighted by Crippen LogP contribution is 2.31. The highest BCUT2D eigenvalue weighted by molar-refractivity contribution is 5.23. The Kier molecular flexibility index (Phi) is 4.82. The van der Waals surface area contributed by atoms with E-state index in [0.717, 1.165) is 18.8 Å². The number of benzene rings is 1. The number of hydrogen-bond donors (Lipinski definition) is 1. The molecule has 18 heavy (non-hydrogen) atoms. The van der Waals surface area contributed by atoms with Crippen molar-refractivity contribution in [3.8, 4) is 0 Å². The second-order valence-electron chi connectivity index (χ2n) is 5.96. The van der Waals surface area contributed by atoms with E-state index in [-0.39, 0.29) is 6.10 Å². The largest absolute Gasteiger partial charge is 0.392 e. The van der Waals surface area contributed by atoms with Crippen LogP contribution in [0.15, 0.2) is 24.3 Å². The van der Waals surface area contributed by atoms with Gasteiger partial charge in [-0.05, 0) is 48.6 Å². The number of aryl methyl sites for hydroxylation is 1. The van der Waals surface area contributed by atoms with Crippen LogP contribution in [-0.4, -0.2) is 11.2 Å². The Morgan fingerprint density at radius 1 is 1.06 bits per heavy atom. The molecule has 1 saturated carbocycles. The van der Waals surface area contributed by atoms with E-state index in [1.54, 1.807) is 0 Å². The van der Waals surface area contributed by atoms with Crippen LogP contribution in [0.1, 0.15) is 50.7 Å². The molecule has 2 rings (SSSR count). The van der Waals surface area contributed by atoms with Gasteiger partial charge in [0, 0.05) is 0 Å². The summed E-state index contributed by atoms with van der Waals surface area (Å²) in [7, 11) is 0. The molecule has 1 unspecified atom stereocenters. The van der Waals surface area contributed by atoms with Crippen LogP contribution < -0.4 is 0 Å². The minimum absolute atomic E-state index is 0.148. The van der Waals surface area contributed by atoms with Crippen LogP contribution in [0.5, 0.6) is 0 Å². The molecule has 1 nitrogen and oxygen atoms in total. The van der Waals surface area contributed by atoms with Gasteiger partial charge in [0.15, 0.2) is 0 Å². The summed E-state index contributed by atoms with van der Waals surface area (Å²) in [5, 5.41) is 10.3. The van der Waals surface area contributed by atoms with Crippen LogP contribution in [0.25, 0.3) is 0 Å². The SMILES string of the molecule is CCc1ccc(CC(O)C2CCC(C)CC2)cc1. The van der Waals surface area contributed by atoms with E-state index in [9.17, 15) is 5.11 Å². The Morgan fingerprint density at radius 3 is 2.17 bits per heavy atom. The van der Waals surface area contributed by atoms with Crippen molar-refractivity contribution in [1.29, 1.82) is 0 Å². The van der Waals surface area contributed by atoms with Crippen LogP contribution in [0, 0.1) is 11.8 Å². The maximum atomic E-state index is 10.3. The molecule has 0 saturated heterocycles. The normalized spacial score (nSPS) is 25.9. The van der Waals surface area contributed by atoms with Gasteiger partial charge in [0.05, 0.1) is 6.10 Å². The van der Waals surface area contributed by atoms with Gasteiger partial charge in [-0.25, -0.2) is 0 Å². The molecule has 0 heterocycles. The summed E-state index contributed by atoms with van der Waals surface area (Å²) in [6.07, 6.45) is 6.74. The van der Waals surface area contributed by atoms with Gasteiger partial charge in [-0.1, -0.05) is 51.0 Å². The number of aliphatic hydroxyl groups excluding tert-OH is 1. The van der Waals surface area contributed by atoms with E-state index in [1.165, 1.54) is 36.8 Å². The summed E-state index contributed by atoms with van der Waals surface area (Å²) in [6.45, 7) is 4.50. The molecular weight excluding hydrogens is 220 g/mol. The third-order valence-electron chi connectivity index (χ3n) is 4.48. The number of hydrogen-bond acceptors (Lipinski definition) is 1. The highest BCUT2D eigenvalue weighted by Gasteiger charge is 2.24. The van der Waals surface area contributed by atoms with Gasteiger partial charge >= 0.3 is 0 Å². The van der Waals surface area contributed by atoms with E-state index in [0.29, 0.717) is 5.92 Å². The summed E-state index contributed by atoms with van der Waals surface area (Å²) < 4.78 is 0. The first-order valence-electron chi connectivity index (χ1n) is 7.45. The van der Waals surface area contributed by atoms with Crippen LogP contribution >= 0.6 is 0 Å². The summed E-state index contributed by atoms with van der Waals surface area (Å²) in [5.41, 5.74) is 2.65. The molecule has 1 aliphatic carbocycles. The van der Waals surface area contributed by atoms with Crippen molar-refractivity contribution in [3.05, 3.63) is 35.4 Å². The average molecular weight is 246 g/mol. The molecule has 100 valence electrons. The molecular formula is C17H26O. The Labute approximate surface area is 111 Å². The third-order valence-corrected chi connectivity index (χ3v) is 4.48. The molecule has 1 heteroatoms. The molecule has 0 amide bonds. The van der Waals surface area contributed by atoms with E-state index >= 15 is 0 Å². The summed E-state index contributed by atoms with van der Waals surface area (Å²) in [5.74, 6) is 1.38. The maximum Gasteiger partial charge on any atom is 0.0608 e. The van der Waals surface area contributed by atoms with E-state index in [2.05, 4.69) is 38.1 Å². The predicted molar refractivity (Wildman–Crippen MR) is 76.7 cm³/mol. The van der Waals surface area contributed by atoms with Crippen molar-refractivity contribution in [2.24, 2.45) is 11.8 Å². The van der Waals surface area contributed by atoms with Crippen molar-refractivity contribution in [2.45, 2.75) is 58.5 Å². The van der Waals surface area contributed by atoms with Gasteiger partial charge in [-0.2, -0.15) is 0 Å². The fourth-order valence-electron chi connectivity index (χ4n) is 2.99. The van der Waals surface area contributed by atoms with Gasteiger partial charge in [-0.3, -0.25) is 0 Å². The lowest BCUT2D eigenvalue weighted by molar-refractivity contribution is 0.0761. The fourth-order valence-corrected chi connectivity index (χ4v) is 2.99. The zero-order valence-electron chi connectivity index (χ0n) is 11.7. The molecule has 0 radical (unpaired) electrons. The van der Waals surface area contributed by atoms with Gasteiger partial charge in [0.25, 0.3) is 0 Å². The van der Waals surface area contributed by atoms with E-state index in [1.807, 2.05) is 0 Å². The van der Waals surface area contributed by atoms with Crippen LogP contribution in [0.3, 0.4) is 0 Å². The van der Waals surface area contributed by atoms with Gasteiger partial charge in [0.1, 0.15) is 0 Å². The highest BCUT2D eigenvalue weighted by atomic mass is 16.3. The standard InChI is InChI=1S/C17H26O/c1-3-14-6-8-15(9-7-14)12-17(18)16-10-4-13(2)5-11-16/h6-9,13,16-18H,3-5,10-12H2,1-2H3. The number of aliphatic hydroxyl groups is 1. The van der Waals surface area contributed by atoms with Crippen LogP contribution in [-0.2, 0) is 12.8 Å². The van der Waals surface area contributed by atoms with Gasteiger partial charge in [0.2, 0.25) is 0 Å². The Hall–Kier alpha value is -0.820. The summed E-state index contributed by atoms with van der Waals surface area (Å²) >= 11 is 0. The van der Waals surface area contributed by atoms with Crippen LogP contribution in [0.2, 0.25) is 0 Å². The topological polar surface area (TPSA) is 20.2 Å². The van der Waals surface area contributed by atoms with Crippen LogP contribution in [0.4, 0.5) is 0 Å². The fraction of sp³-hybridized carbons (Fsp3) is 0.647. The van der Waals surface area contributed by atoms with E-state index in [4.69, 9.17) is 0 Å². The lowest BCUT2D eigenvalue weighted by Gasteiger charge is -2.30. The van der Waals surface area contributed by atoms with Gasteiger partial charge in [-0.15, -0.1) is 0 Å². The zero-order chi connectivity index (χ0) is 13.0. The number of rotatable bonds is 4. The molecule has 0 aliphatic heterocycles. The first kappa shape index (κ1) is 13.6. The second-order valence-corrected chi connectivity index (χ2v) is 5.96. The first-order chi connectivity index (χ1) is 8.69. The molecule has 0 spiro atoms. The molecule has 0 bridgehead atoms. The van der Waals surface area contributed by atoms with E-state index < -0.39 is 0 Å². The summed E-state index contributed by atoms with van der Waals surface area (Å²) in [6, 6.07) is 8.72.